The third kappa shape index (κ3) is 1.48. The van der Waals surface area contributed by atoms with E-state index in [-0.39, 0.29) is 6.23 Å². The Bertz CT molecular complexity index is 108. The van der Waals surface area contributed by atoms with Crippen LogP contribution in [0.15, 0.2) is 0 Å². The number of rotatable bonds is 2. The van der Waals surface area contributed by atoms with Crippen molar-refractivity contribution in [2.24, 2.45) is 0 Å². The van der Waals surface area contributed by atoms with E-state index in [1.54, 1.807) is 6.92 Å². The highest BCUT2D eigenvalue weighted by Gasteiger charge is 2.32. The molecule has 0 saturated carbocycles. The first kappa shape index (κ1) is 7.98. The molecular formula is C7H15NO2. The molecule has 0 spiro atoms. The van der Waals surface area contributed by atoms with E-state index in [0.29, 0.717) is 13.0 Å². The maximum Gasteiger partial charge on any atom is 0.137 e. The van der Waals surface area contributed by atoms with Gasteiger partial charge in [0.1, 0.15) is 11.8 Å². The van der Waals surface area contributed by atoms with Gasteiger partial charge in [-0.2, -0.15) is 0 Å². The van der Waals surface area contributed by atoms with Crippen molar-refractivity contribution in [1.82, 2.24) is 5.32 Å². The fourth-order valence-corrected chi connectivity index (χ4v) is 1.01. The Hall–Kier alpha value is -0.120. The highest BCUT2D eigenvalue weighted by molar-refractivity contribution is 4.82. The van der Waals surface area contributed by atoms with Crippen LogP contribution < -0.4 is 5.32 Å². The van der Waals surface area contributed by atoms with Crippen LogP contribution in [0.2, 0.25) is 0 Å². The molecule has 1 aliphatic rings. The molecule has 0 aromatic rings. The summed E-state index contributed by atoms with van der Waals surface area (Å²) in [5.41, 5.74) is -0.712. The first-order chi connectivity index (χ1) is 4.67. The number of hydrogen-bond acceptors (Lipinski definition) is 3. The van der Waals surface area contributed by atoms with Crippen molar-refractivity contribution in [3.05, 3.63) is 0 Å². The summed E-state index contributed by atoms with van der Waals surface area (Å²) in [7, 11) is 0. The van der Waals surface area contributed by atoms with Crippen molar-refractivity contribution in [1.29, 1.82) is 0 Å². The lowest BCUT2D eigenvalue weighted by Crippen LogP contribution is -2.45. The first-order valence-corrected chi connectivity index (χ1v) is 3.74. The Morgan fingerprint density at radius 1 is 1.80 bits per heavy atom. The van der Waals surface area contributed by atoms with Gasteiger partial charge < -0.3 is 9.84 Å². The molecule has 1 heterocycles. The summed E-state index contributed by atoms with van der Waals surface area (Å²) < 4.78 is 5.25. The fourth-order valence-electron chi connectivity index (χ4n) is 1.01. The van der Waals surface area contributed by atoms with Crippen LogP contribution in [0.25, 0.3) is 0 Å². The van der Waals surface area contributed by atoms with Crippen LogP contribution in [0, 0.1) is 0 Å². The summed E-state index contributed by atoms with van der Waals surface area (Å²) >= 11 is 0. The maximum absolute atomic E-state index is 9.64. The van der Waals surface area contributed by atoms with Gasteiger partial charge in [-0.3, -0.25) is 5.32 Å². The SMILES string of the molecule is CCC(C)(O)C1NCCO1. The molecule has 0 bridgehead atoms. The molecule has 0 aliphatic carbocycles. The molecule has 2 unspecified atom stereocenters. The van der Waals surface area contributed by atoms with Crippen LogP contribution in [0.3, 0.4) is 0 Å². The second-order valence-corrected chi connectivity index (χ2v) is 2.92. The van der Waals surface area contributed by atoms with Crippen molar-refractivity contribution in [3.63, 3.8) is 0 Å². The van der Waals surface area contributed by atoms with Gasteiger partial charge in [-0.25, -0.2) is 0 Å². The van der Waals surface area contributed by atoms with Gasteiger partial charge in [0, 0.05) is 6.54 Å². The summed E-state index contributed by atoms with van der Waals surface area (Å²) in [6, 6.07) is 0. The van der Waals surface area contributed by atoms with Gasteiger partial charge in [-0.05, 0) is 13.3 Å². The molecule has 10 heavy (non-hydrogen) atoms. The second kappa shape index (κ2) is 2.86. The van der Waals surface area contributed by atoms with Gasteiger partial charge in [-0.1, -0.05) is 6.92 Å². The summed E-state index contributed by atoms with van der Waals surface area (Å²) in [6.45, 7) is 5.29. The molecule has 3 nitrogen and oxygen atoms in total. The van der Waals surface area contributed by atoms with E-state index in [0.717, 1.165) is 6.54 Å². The van der Waals surface area contributed by atoms with E-state index >= 15 is 0 Å². The van der Waals surface area contributed by atoms with Crippen LogP contribution in [0.1, 0.15) is 20.3 Å². The van der Waals surface area contributed by atoms with Gasteiger partial charge in [0.2, 0.25) is 0 Å². The Kier molecular flexibility index (Phi) is 2.28. The van der Waals surface area contributed by atoms with Crippen molar-refractivity contribution in [3.8, 4) is 0 Å². The minimum Gasteiger partial charge on any atom is -0.386 e. The number of aliphatic hydroxyl groups is 1. The lowest BCUT2D eigenvalue weighted by molar-refractivity contribution is -0.0829. The lowest BCUT2D eigenvalue weighted by Gasteiger charge is -2.27. The van der Waals surface area contributed by atoms with Crippen LogP contribution in [-0.2, 0) is 4.74 Å². The van der Waals surface area contributed by atoms with E-state index in [9.17, 15) is 5.11 Å². The number of ether oxygens (including phenoxy) is 1. The summed E-state index contributed by atoms with van der Waals surface area (Å²) in [5.74, 6) is 0. The molecule has 2 atom stereocenters. The normalized spacial score (nSPS) is 32.1. The van der Waals surface area contributed by atoms with Crippen molar-refractivity contribution >= 4 is 0 Å². The zero-order valence-electron chi connectivity index (χ0n) is 6.55. The minimum absolute atomic E-state index is 0.169. The second-order valence-electron chi connectivity index (χ2n) is 2.92. The summed E-state index contributed by atoms with van der Waals surface area (Å²) in [4.78, 5) is 0. The highest BCUT2D eigenvalue weighted by atomic mass is 16.5. The van der Waals surface area contributed by atoms with E-state index in [2.05, 4.69) is 5.32 Å². The highest BCUT2D eigenvalue weighted by Crippen LogP contribution is 2.17. The third-order valence-corrected chi connectivity index (χ3v) is 2.00. The lowest BCUT2D eigenvalue weighted by atomic mass is 10.0. The predicted molar refractivity (Wildman–Crippen MR) is 38.7 cm³/mol. The topological polar surface area (TPSA) is 41.5 Å². The molecular weight excluding hydrogens is 130 g/mol. The quantitative estimate of drug-likeness (QED) is 0.578. The van der Waals surface area contributed by atoms with Crippen LogP contribution in [0.4, 0.5) is 0 Å². The Balaban J connectivity index is 2.45. The third-order valence-electron chi connectivity index (χ3n) is 2.00. The smallest absolute Gasteiger partial charge is 0.137 e. The molecule has 60 valence electrons. The fraction of sp³-hybridized carbons (Fsp3) is 1.00. The standard InChI is InChI=1S/C7H15NO2/c1-3-7(2,9)6-8-4-5-10-6/h6,8-9H,3-5H2,1-2H3. The average molecular weight is 145 g/mol. The molecule has 0 radical (unpaired) electrons. The Labute approximate surface area is 61.4 Å². The summed E-state index contributed by atoms with van der Waals surface area (Å²) in [5, 5.41) is 12.7. The molecule has 1 rings (SSSR count). The van der Waals surface area contributed by atoms with E-state index in [1.165, 1.54) is 0 Å². The van der Waals surface area contributed by atoms with Gasteiger partial charge in [0.05, 0.1) is 6.61 Å². The van der Waals surface area contributed by atoms with Crippen molar-refractivity contribution in [2.75, 3.05) is 13.2 Å². The van der Waals surface area contributed by atoms with Crippen LogP contribution >= 0.6 is 0 Å². The van der Waals surface area contributed by atoms with E-state index in [4.69, 9.17) is 4.74 Å². The monoisotopic (exact) mass is 145 g/mol. The number of nitrogens with one attached hydrogen (secondary N) is 1. The first-order valence-electron chi connectivity index (χ1n) is 3.74. The van der Waals surface area contributed by atoms with Gasteiger partial charge in [-0.15, -0.1) is 0 Å². The molecule has 1 saturated heterocycles. The Morgan fingerprint density at radius 3 is 2.90 bits per heavy atom. The van der Waals surface area contributed by atoms with Crippen molar-refractivity contribution < 1.29 is 9.84 Å². The van der Waals surface area contributed by atoms with Crippen molar-refractivity contribution in [2.45, 2.75) is 32.1 Å². The van der Waals surface area contributed by atoms with Gasteiger partial charge >= 0.3 is 0 Å². The van der Waals surface area contributed by atoms with Gasteiger partial charge in [0.25, 0.3) is 0 Å². The zero-order valence-corrected chi connectivity index (χ0v) is 6.55. The molecule has 0 aromatic carbocycles. The number of hydrogen-bond donors (Lipinski definition) is 2. The van der Waals surface area contributed by atoms with Crippen LogP contribution in [-0.4, -0.2) is 30.1 Å². The molecule has 0 aromatic heterocycles. The van der Waals surface area contributed by atoms with Crippen LogP contribution in [0.5, 0.6) is 0 Å². The summed E-state index contributed by atoms with van der Waals surface area (Å²) in [6.07, 6.45) is 0.544. The Morgan fingerprint density at radius 2 is 2.50 bits per heavy atom. The van der Waals surface area contributed by atoms with Gasteiger partial charge in [0.15, 0.2) is 0 Å². The largest absolute Gasteiger partial charge is 0.386 e. The molecule has 1 aliphatic heterocycles. The maximum atomic E-state index is 9.64. The zero-order chi connectivity index (χ0) is 7.61. The molecule has 1 fully saturated rings. The molecule has 3 heteroatoms. The molecule has 2 N–H and O–H groups in total. The van der Waals surface area contributed by atoms with E-state index < -0.39 is 5.60 Å². The average Bonchev–Trinajstić information content (AvgIpc) is 2.38. The van der Waals surface area contributed by atoms with E-state index in [1.807, 2.05) is 6.92 Å². The predicted octanol–water partition coefficient (Wildman–Crippen LogP) is 0.0933. The molecule has 0 amide bonds. The minimum atomic E-state index is -0.712.